The molecule has 19 heavy (non-hydrogen) atoms. The van der Waals surface area contributed by atoms with Gasteiger partial charge in [-0.2, -0.15) is 0 Å². The largest absolute Gasteiger partial charge is 0.397 e. The molecule has 0 aromatic heterocycles. The van der Waals surface area contributed by atoms with Crippen LogP contribution in [0.2, 0.25) is 5.02 Å². The van der Waals surface area contributed by atoms with Gasteiger partial charge in [-0.25, -0.2) is 4.39 Å². The van der Waals surface area contributed by atoms with E-state index >= 15 is 0 Å². The normalized spacial score (nSPS) is 12.2. The van der Waals surface area contributed by atoms with Crippen LogP contribution in [-0.2, 0) is 0 Å². The number of nitrogens with two attached hydrogens (primary N) is 1. The van der Waals surface area contributed by atoms with Crippen molar-refractivity contribution in [2.24, 2.45) is 0 Å². The Morgan fingerprint density at radius 2 is 1.95 bits per heavy atom. The van der Waals surface area contributed by atoms with E-state index in [-0.39, 0.29) is 11.1 Å². The second-order valence-electron chi connectivity index (χ2n) is 4.37. The molecule has 0 saturated carbocycles. The summed E-state index contributed by atoms with van der Waals surface area (Å²) in [7, 11) is 0. The van der Waals surface area contributed by atoms with Crippen LogP contribution in [0.1, 0.15) is 24.9 Å². The predicted octanol–water partition coefficient (Wildman–Crippen LogP) is 4.62. The van der Waals surface area contributed by atoms with Crippen molar-refractivity contribution in [1.82, 2.24) is 0 Å². The lowest BCUT2D eigenvalue weighted by molar-refractivity contribution is 0.628. The Morgan fingerprint density at radius 3 is 2.58 bits per heavy atom. The number of nitrogen functional groups attached to an aromatic ring is 1. The molecule has 0 saturated heterocycles. The lowest BCUT2D eigenvalue weighted by Gasteiger charge is -2.20. The van der Waals surface area contributed by atoms with Gasteiger partial charge in [-0.15, -0.1) is 0 Å². The molecule has 1 unspecified atom stereocenters. The molecule has 2 nitrogen and oxygen atoms in total. The van der Waals surface area contributed by atoms with E-state index in [9.17, 15) is 4.39 Å². The number of hydrogen-bond acceptors (Lipinski definition) is 2. The van der Waals surface area contributed by atoms with Gasteiger partial charge in [0.05, 0.1) is 22.4 Å². The molecule has 2 aromatic rings. The fourth-order valence-corrected chi connectivity index (χ4v) is 2.15. The summed E-state index contributed by atoms with van der Waals surface area (Å²) in [5, 5.41) is 3.30. The summed E-state index contributed by atoms with van der Waals surface area (Å²) in [5.41, 5.74) is 8.01. The lowest BCUT2D eigenvalue weighted by Crippen LogP contribution is -2.11. The van der Waals surface area contributed by atoms with Crippen LogP contribution in [-0.4, -0.2) is 0 Å². The number of nitrogens with one attached hydrogen (secondary N) is 1. The average Bonchev–Trinajstić information content (AvgIpc) is 2.42. The average molecular weight is 279 g/mol. The molecule has 4 heteroatoms. The molecule has 1 atom stereocenters. The van der Waals surface area contributed by atoms with E-state index in [0.29, 0.717) is 11.4 Å². The van der Waals surface area contributed by atoms with E-state index < -0.39 is 5.82 Å². The van der Waals surface area contributed by atoms with Crippen molar-refractivity contribution in [3.63, 3.8) is 0 Å². The molecule has 0 heterocycles. The first kappa shape index (κ1) is 13.7. The molecule has 0 amide bonds. The Labute approximate surface area is 117 Å². The van der Waals surface area contributed by atoms with E-state index in [1.807, 2.05) is 30.3 Å². The fourth-order valence-electron chi connectivity index (χ4n) is 1.98. The van der Waals surface area contributed by atoms with Crippen molar-refractivity contribution in [2.75, 3.05) is 11.1 Å². The van der Waals surface area contributed by atoms with Crippen molar-refractivity contribution in [1.29, 1.82) is 0 Å². The molecule has 0 radical (unpaired) electrons. The van der Waals surface area contributed by atoms with Gasteiger partial charge in [0.2, 0.25) is 0 Å². The Morgan fingerprint density at radius 1 is 1.26 bits per heavy atom. The Kier molecular flexibility index (Phi) is 4.27. The molecule has 0 spiro atoms. The first-order valence-corrected chi connectivity index (χ1v) is 6.55. The van der Waals surface area contributed by atoms with Crippen LogP contribution in [0.5, 0.6) is 0 Å². The number of benzene rings is 2. The summed E-state index contributed by atoms with van der Waals surface area (Å²) in [6.45, 7) is 2.06. The number of hydrogen-bond donors (Lipinski definition) is 2. The fraction of sp³-hybridized carbons (Fsp3) is 0.200. The maximum absolute atomic E-state index is 13.5. The molecule has 3 N–H and O–H groups in total. The van der Waals surface area contributed by atoms with Gasteiger partial charge in [0.15, 0.2) is 0 Å². The molecule has 0 bridgehead atoms. The van der Waals surface area contributed by atoms with Crippen LogP contribution in [0.4, 0.5) is 15.8 Å². The maximum Gasteiger partial charge on any atom is 0.143 e. The van der Waals surface area contributed by atoms with E-state index in [1.165, 1.54) is 12.1 Å². The summed E-state index contributed by atoms with van der Waals surface area (Å²) >= 11 is 5.69. The molecule has 100 valence electrons. The van der Waals surface area contributed by atoms with E-state index in [2.05, 4.69) is 12.2 Å². The Balaban J connectivity index is 2.26. The van der Waals surface area contributed by atoms with Crippen molar-refractivity contribution in [3.8, 4) is 0 Å². The highest BCUT2D eigenvalue weighted by Gasteiger charge is 2.12. The predicted molar refractivity (Wildman–Crippen MR) is 78.9 cm³/mol. The van der Waals surface area contributed by atoms with Crippen molar-refractivity contribution >= 4 is 23.0 Å². The Bertz CT molecular complexity index is 558. The molecule has 0 aliphatic carbocycles. The molecule has 2 aromatic carbocycles. The third-order valence-electron chi connectivity index (χ3n) is 3.03. The quantitative estimate of drug-likeness (QED) is 0.801. The van der Waals surface area contributed by atoms with Crippen LogP contribution in [0.25, 0.3) is 0 Å². The van der Waals surface area contributed by atoms with Gasteiger partial charge in [0, 0.05) is 6.07 Å². The van der Waals surface area contributed by atoms with Gasteiger partial charge >= 0.3 is 0 Å². The van der Waals surface area contributed by atoms with Gasteiger partial charge in [-0.05, 0) is 18.1 Å². The highest BCUT2D eigenvalue weighted by Crippen LogP contribution is 2.30. The van der Waals surface area contributed by atoms with Crippen LogP contribution in [0.3, 0.4) is 0 Å². The third-order valence-corrected chi connectivity index (χ3v) is 3.32. The third kappa shape index (κ3) is 3.18. The van der Waals surface area contributed by atoms with Crippen LogP contribution in [0.15, 0.2) is 42.5 Å². The lowest BCUT2D eigenvalue weighted by atomic mass is 10.0. The molecular formula is C15H16ClFN2. The maximum atomic E-state index is 13.5. The molecule has 0 fully saturated rings. The van der Waals surface area contributed by atoms with Crippen LogP contribution < -0.4 is 11.1 Å². The smallest absolute Gasteiger partial charge is 0.143 e. The zero-order chi connectivity index (χ0) is 13.8. The highest BCUT2D eigenvalue weighted by molar-refractivity contribution is 6.31. The number of rotatable bonds is 4. The van der Waals surface area contributed by atoms with Crippen LogP contribution >= 0.6 is 11.6 Å². The number of anilines is 2. The van der Waals surface area contributed by atoms with Crippen molar-refractivity contribution in [3.05, 3.63) is 58.9 Å². The zero-order valence-electron chi connectivity index (χ0n) is 10.7. The molecular weight excluding hydrogens is 263 g/mol. The molecule has 0 aliphatic rings. The van der Waals surface area contributed by atoms with Crippen molar-refractivity contribution < 1.29 is 4.39 Å². The van der Waals surface area contributed by atoms with Gasteiger partial charge in [0.1, 0.15) is 5.82 Å². The van der Waals surface area contributed by atoms with E-state index in [1.54, 1.807) is 0 Å². The van der Waals surface area contributed by atoms with Gasteiger partial charge in [0.25, 0.3) is 0 Å². The van der Waals surface area contributed by atoms with Crippen molar-refractivity contribution in [2.45, 2.75) is 19.4 Å². The summed E-state index contributed by atoms with van der Waals surface area (Å²) < 4.78 is 13.5. The minimum atomic E-state index is -0.471. The minimum Gasteiger partial charge on any atom is -0.397 e. The van der Waals surface area contributed by atoms with Gasteiger partial charge < -0.3 is 11.1 Å². The van der Waals surface area contributed by atoms with Gasteiger partial charge in [-0.3, -0.25) is 0 Å². The number of halogens is 2. The topological polar surface area (TPSA) is 38.0 Å². The summed E-state index contributed by atoms with van der Waals surface area (Å²) in [5.74, 6) is -0.471. The first-order chi connectivity index (χ1) is 9.11. The summed E-state index contributed by atoms with van der Waals surface area (Å²) in [6, 6.07) is 12.8. The minimum absolute atomic E-state index is 0.0378. The molecule has 2 rings (SSSR count). The molecule has 0 aliphatic heterocycles. The second-order valence-corrected chi connectivity index (χ2v) is 4.78. The van der Waals surface area contributed by atoms with E-state index in [4.69, 9.17) is 17.3 Å². The second kappa shape index (κ2) is 5.93. The zero-order valence-corrected chi connectivity index (χ0v) is 11.4. The first-order valence-electron chi connectivity index (χ1n) is 6.17. The summed E-state index contributed by atoms with van der Waals surface area (Å²) in [6.07, 6.45) is 0.869. The standard InChI is InChI=1S/C15H16ClFN2/c1-2-14(10-6-4-3-5-7-10)19-15-9-12(17)11(16)8-13(15)18/h3-9,14,19H,2,18H2,1H3. The summed E-state index contributed by atoms with van der Waals surface area (Å²) in [4.78, 5) is 0. The van der Waals surface area contributed by atoms with Gasteiger partial charge in [-0.1, -0.05) is 48.9 Å². The van der Waals surface area contributed by atoms with Crippen LogP contribution in [0, 0.1) is 5.82 Å². The SMILES string of the molecule is CCC(Nc1cc(F)c(Cl)cc1N)c1ccccc1. The monoisotopic (exact) mass is 278 g/mol. The van der Waals surface area contributed by atoms with E-state index in [0.717, 1.165) is 12.0 Å². The highest BCUT2D eigenvalue weighted by atomic mass is 35.5. The Hall–Kier alpha value is -1.74.